The van der Waals surface area contributed by atoms with Crippen LogP contribution < -0.4 is 0 Å². The highest BCUT2D eigenvalue weighted by Gasteiger charge is 2.08. The summed E-state index contributed by atoms with van der Waals surface area (Å²) in [5.41, 5.74) is 4.55. The standard InChI is InChI=1S/C13H14N4/c1-10-6-15-7-11(2)13(10)12-8-16-17(9-12)5-3-4-14/h6-9H,3,5H2,1-2H3. The van der Waals surface area contributed by atoms with Gasteiger partial charge in [-0.05, 0) is 30.5 Å². The summed E-state index contributed by atoms with van der Waals surface area (Å²) in [5.74, 6) is 0. The highest BCUT2D eigenvalue weighted by Crippen LogP contribution is 2.25. The second kappa shape index (κ2) is 4.79. The maximum Gasteiger partial charge on any atom is 0.0641 e. The first-order valence-electron chi connectivity index (χ1n) is 5.53. The summed E-state index contributed by atoms with van der Waals surface area (Å²) in [7, 11) is 0. The van der Waals surface area contributed by atoms with Crippen LogP contribution in [0.1, 0.15) is 17.5 Å². The van der Waals surface area contributed by atoms with E-state index in [4.69, 9.17) is 5.26 Å². The van der Waals surface area contributed by atoms with E-state index in [1.807, 2.05) is 38.6 Å². The highest BCUT2D eigenvalue weighted by molar-refractivity contribution is 5.68. The Hall–Kier alpha value is -2.15. The van der Waals surface area contributed by atoms with Crippen LogP contribution in [0.25, 0.3) is 11.1 Å². The molecule has 0 aromatic carbocycles. The van der Waals surface area contributed by atoms with E-state index in [0.717, 1.165) is 16.7 Å². The van der Waals surface area contributed by atoms with Crippen molar-refractivity contribution in [1.29, 1.82) is 5.26 Å². The molecule has 2 rings (SSSR count). The molecule has 0 N–H and O–H groups in total. The van der Waals surface area contributed by atoms with E-state index in [2.05, 4.69) is 16.2 Å². The van der Waals surface area contributed by atoms with Gasteiger partial charge in [-0.15, -0.1) is 0 Å². The molecule has 0 saturated heterocycles. The summed E-state index contributed by atoms with van der Waals surface area (Å²) in [5, 5.41) is 12.8. The summed E-state index contributed by atoms with van der Waals surface area (Å²) in [4.78, 5) is 4.16. The topological polar surface area (TPSA) is 54.5 Å². The summed E-state index contributed by atoms with van der Waals surface area (Å²) >= 11 is 0. The van der Waals surface area contributed by atoms with E-state index >= 15 is 0 Å². The third kappa shape index (κ3) is 2.34. The zero-order valence-corrected chi connectivity index (χ0v) is 10.0. The minimum absolute atomic E-state index is 0.482. The van der Waals surface area contributed by atoms with Gasteiger partial charge in [-0.1, -0.05) is 0 Å². The molecule has 2 aromatic rings. The third-order valence-electron chi connectivity index (χ3n) is 2.70. The molecule has 0 atom stereocenters. The first kappa shape index (κ1) is 11.3. The SMILES string of the molecule is Cc1cncc(C)c1-c1cnn(CCC#N)c1. The van der Waals surface area contributed by atoms with Crippen molar-refractivity contribution in [2.45, 2.75) is 26.8 Å². The molecule has 0 aliphatic rings. The van der Waals surface area contributed by atoms with Crippen LogP contribution in [-0.4, -0.2) is 14.8 Å². The molecule has 0 saturated carbocycles. The second-order valence-electron chi connectivity index (χ2n) is 4.05. The van der Waals surface area contributed by atoms with Crippen molar-refractivity contribution in [3.8, 4) is 17.2 Å². The number of pyridine rings is 1. The number of aryl methyl sites for hydroxylation is 3. The minimum atomic E-state index is 0.482. The molecule has 2 heterocycles. The van der Waals surface area contributed by atoms with E-state index in [-0.39, 0.29) is 0 Å². The van der Waals surface area contributed by atoms with Crippen molar-refractivity contribution in [3.63, 3.8) is 0 Å². The third-order valence-corrected chi connectivity index (χ3v) is 2.70. The normalized spacial score (nSPS) is 10.2. The lowest BCUT2D eigenvalue weighted by Gasteiger charge is -2.05. The van der Waals surface area contributed by atoms with Crippen LogP contribution in [0.5, 0.6) is 0 Å². The van der Waals surface area contributed by atoms with Gasteiger partial charge in [0.05, 0.1) is 25.2 Å². The van der Waals surface area contributed by atoms with E-state index in [9.17, 15) is 0 Å². The predicted molar refractivity (Wildman–Crippen MR) is 65.2 cm³/mol. The molecule has 0 aliphatic carbocycles. The largest absolute Gasteiger partial charge is 0.271 e. The molecular formula is C13H14N4. The fraction of sp³-hybridized carbons (Fsp3) is 0.308. The molecule has 2 aromatic heterocycles. The molecule has 0 unspecified atom stereocenters. The van der Waals surface area contributed by atoms with E-state index in [0.29, 0.717) is 13.0 Å². The quantitative estimate of drug-likeness (QED) is 0.807. The minimum Gasteiger partial charge on any atom is -0.271 e. The van der Waals surface area contributed by atoms with Crippen molar-refractivity contribution in [2.24, 2.45) is 0 Å². The van der Waals surface area contributed by atoms with Gasteiger partial charge in [-0.25, -0.2) is 0 Å². The van der Waals surface area contributed by atoms with Gasteiger partial charge in [0.15, 0.2) is 0 Å². The van der Waals surface area contributed by atoms with E-state index in [1.165, 1.54) is 5.56 Å². The van der Waals surface area contributed by atoms with Gasteiger partial charge in [0.25, 0.3) is 0 Å². The number of hydrogen-bond acceptors (Lipinski definition) is 3. The van der Waals surface area contributed by atoms with Crippen LogP contribution in [0, 0.1) is 25.2 Å². The Labute approximate surface area is 101 Å². The Bertz CT molecular complexity index is 543. The van der Waals surface area contributed by atoms with Crippen LogP contribution in [-0.2, 0) is 6.54 Å². The maximum atomic E-state index is 8.54. The molecule has 17 heavy (non-hydrogen) atoms. The van der Waals surface area contributed by atoms with Gasteiger partial charge in [-0.3, -0.25) is 9.67 Å². The zero-order valence-electron chi connectivity index (χ0n) is 10.0. The molecule has 0 aliphatic heterocycles. The average Bonchev–Trinajstić information content (AvgIpc) is 2.75. The number of aromatic nitrogens is 3. The van der Waals surface area contributed by atoms with Crippen LogP contribution >= 0.6 is 0 Å². The molecule has 0 fully saturated rings. The number of rotatable bonds is 3. The Morgan fingerprint density at radius 3 is 2.59 bits per heavy atom. The fourth-order valence-electron chi connectivity index (χ4n) is 1.94. The predicted octanol–water partition coefficient (Wildman–Crippen LogP) is 2.48. The van der Waals surface area contributed by atoms with Crippen LogP contribution in [0.4, 0.5) is 0 Å². The molecule has 0 bridgehead atoms. The monoisotopic (exact) mass is 226 g/mol. The lowest BCUT2D eigenvalue weighted by Crippen LogP contribution is -1.96. The summed E-state index contributed by atoms with van der Waals surface area (Å²) < 4.78 is 1.80. The Morgan fingerprint density at radius 1 is 1.24 bits per heavy atom. The van der Waals surface area contributed by atoms with Gasteiger partial charge < -0.3 is 0 Å². The van der Waals surface area contributed by atoms with Gasteiger partial charge in [0.1, 0.15) is 0 Å². The Balaban J connectivity index is 2.34. The van der Waals surface area contributed by atoms with Gasteiger partial charge in [-0.2, -0.15) is 10.4 Å². The van der Waals surface area contributed by atoms with Gasteiger partial charge in [0.2, 0.25) is 0 Å². The van der Waals surface area contributed by atoms with Crippen molar-refractivity contribution in [2.75, 3.05) is 0 Å². The Kier molecular flexibility index (Phi) is 3.20. The van der Waals surface area contributed by atoms with Crippen LogP contribution in [0.2, 0.25) is 0 Å². The van der Waals surface area contributed by atoms with E-state index in [1.54, 1.807) is 4.68 Å². The molecule has 0 amide bonds. The summed E-state index contributed by atoms with van der Waals surface area (Å²) in [6.07, 6.45) is 8.01. The van der Waals surface area contributed by atoms with Crippen LogP contribution in [0.3, 0.4) is 0 Å². The average molecular weight is 226 g/mol. The van der Waals surface area contributed by atoms with Crippen molar-refractivity contribution >= 4 is 0 Å². The smallest absolute Gasteiger partial charge is 0.0641 e. The number of hydrogen-bond donors (Lipinski definition) is 0. The van der Waals surface area contributed by atoms with Gasteiger partial charge >= 0.3 is 0 Å². The Morgan fingerprint density at radius 2 is 1.94 bits per heavy atom. The second-order valence-corrected chi connectivity index (χ2v) is 4.05. The zero-order chi connectivity index (χ0) is 12.3. The molecule has 0 radical (unpaired) electrons. The highest BCUT2D eigenvalue weighted by atomic mass is 15.3. The molecule has 0 spiro atoms. The molecule has 4 nitrogen and oxygen atoms in total. The maximum absolute atomic E-state index is 8.54. The molecule has 4 heteroatoms. The first-order chi connectivity index (χ1) is 8.22. The lowest BCUT2D eigenvalue weighted by molar-refractivity contribution is 0.628. The van der Waals surface area contributed by atoms with Crippen molar-refractivity contribution in [1.82, 2.24) is 14.8 Å². The van der Waals surface area contributed by atoms with Crippen LogP contribution in [0.15, 0.2) is 24.8 Å². The molecular weight excluding hydrogens is 212 g/mol. The number of nitrogens with zero attached hydrogens (tertiary/aromatic N) is 4. The molecule has 86 valence electrons. The summed E-state index contributed by atoms with van der Waals surface area (Å²) in [6.45, 7) is 4.73. The van der Waals surface area contributed by atoms with Gasteiger partial charge in [0, 0.05) is 24.2 Å². The number of nitriles is 1. The summed E-state index contributed by atoms with van der Waals surface area (Å²) in [6, 6.07) is 2.12. The van der Waals surface area contributed by atoms with Crippen molar-refractivity contribution in [3.05, 3.63) is 35.9 Å². The lowest BCUT2D eigenvalue weighted by atomic mass is 10.0. The van der Waals surface area contributed by atoms with E-state index < -0.39 is 0 Å². The van der Waals surface area contributed by atoms with Crippen molar-refractivity contribution < 1.29 is 0 Å². The first-order valence-corrected chi connectivity index (χ1v) is 5.53. The fourth-order valence-corrected chi connectivity index (χ4v) is 1.94.